The van der Waals surface area contributed by atoms with Gasteiger partial charge in [0.05, 0.1) is 6.21 Å². The normalized spacial score (nSPS) is 10.7. The maximum Gasteiger partial charge on any atom is 0.240 e. The molecule has 5 nitrogen and oxygen atoms in total. The predicted molar refractivity (Wildman–Crippen MR) is 109 cm³/mol. The summed E-state index contributed by atoms with van der Waals surface area (Å²) in [6.07, 6.45) is 1.68. The third-order valence-corrected chi connectivity index (χ3v) is 4.52. The van der Waals surface area contributed by atoms with E-state index in [0.29, 0.717) is 10.7 Å². The van der Waals surface area contributed by atoms with E-state index < -0.39 is 0 Å². The lowest BCUT2D eigenvalue weighted by molar-refractivity contribution is -0.124. The topological polar surface area (TPSA) is 70.6 Å². The number of benzene rings is 2. The quantitative estimate of drug-likeness (QED) is 0.379. The number of hydrogen-bond acceptors (Lipinski definition) is 3. The molecule has 0 aliphatic rings. The van der Waals surface area contributed by atoms with Crippen LogP contribution in [0.4, 0.5) is 5.69 Å². The van der Waals surface area contributed by atoms with Gasteiger partial charge in [-0.1, -0.05) is 29.8 Å². The van der Waals surface area contributed by atoms with Crippen molar-refractivity contribution in [1.29, 1.82) is 0 Å². The molecule has 0 radical (unpaired) electrons. The van der Waals surface area contributed by atoms with E-state index in [4.69, 9.17) is 11.6 Å². The number of nitrogens with one attached hydrogen (secondary N) is 2. The molecule has 0 unspecified atom stereocenters. The van der Waals surface area contributed by atoms with E-state index >= 15 is 0 Å². The highest BCUT2D eigenvalue weighted by Gasteiger charge is 2.09. The monoisotopic (exact) mass is 469 g/mol. The molecule has 0 aliphatic carbocycles. The molecule has 0 bridgehead atoms. The molecule has 2 aromatic rings. The molecular formula is C18H17ClIN3O2. The lowest BCUT2D eigenvalue weighted by atomic mass is 10.2. The highest BCUT2D eigenvalue weighted by molar-refractivity contribution is 14.1. The van der Waals surface area contributed by atoms with Gasteiger partial charge in [0.1, 0.15) is 0 Å². The van der Waals surface area contributed by atoms with Crippen LogP contribution >= 0.6 is 34.2 Å². The lowest BCUT2D eigenvalue weighted by Crippen LogP contribution is -2.20. The minimum absolute atomic E-state index is 0.0511. The molecule has 2 N–H and O–H groups in total. The molecule has 2 amide bonds. The van der Waals surface area contributed by atoms with E-state index in [1.807, 2.05) is 31.2 Å². The summed E-state index contributed by atoms with van der Waals surface area (Å²) in [5.41, 5.74) is 4.74. The molecule has 2 rings (SSSR count). The van der Waals surface area contributed by atoms with Crippen molar-refractivity contribution in [3.8, 4) is 0 Å². The number of carbonyl (C=O) groups excluding carboxylic acids is 2. The Morgan fingerprint density at radius 3 is 2.52 bits per heavy atom. The van der Waals surface area contributed by atoms with E-state index in [1.165, 1.54) is 0 Å². The Balaban J connectivity index is 1.76. The van der Waals surface area contributed by atoms with Crippen molar-refractivity contribution in [2.45, 2.75) is 19.8 Å². The van der Waals surface area contributed by atoms with E-state index in [-0.39, 0.29) is 24.7 Å². The first kappa shape index (κ1) is 19.4. The summed E-state index contributed by atoms with van der Waals surface area (Å²) in [7, 11) is 0. The predicted octanol–water partition coefficient (Wildman–Crippen LogP) is 4.12. The number of anilines is 1. The van der Waals surface area contributed by atoms with Crippen molar-refractivity contribution >= 4 is 57.9 Å². The second-order valence-corrected chi connectivity index (χ2v) is 6.96. The van der Waals surface area contributed by atoms with Crippen LogP contribution in [0.25, 0.3) is 0 Å². The number of hydrogen-bond donors (Lipinski definition) is 2. The molecule has 25 heavy (non-hydrogen) atoms. The first-order valence-electron chi connectivity index (χ1n) is 7.58. The average molecular weight is 470 g/mol. The van der Waals surface area contributed by atoms with Crippen molar-refractivity contribution in [3.63, 3.8) is 0 Å². The molecule has 0 aliphatic heterocycles. The second-order valence-electron chi connectivity index (χ2n) is 5.31. The Morgan fingerprint density at radius 1 is 1.12 bits per heavy atom. The minimum atomic E-state index is -0.320. The van der Waals surface area contributed by atoms with Crippen molar-refractivity contribution in [2.24, 2.45) is 5.10 Å². The van der Waals surface area contributed by atoms with Crippen LogP contribution in [0, 0.1) is 10.5 Å². The van der Waals surface area contributed by atoms with Crippen molar-refractivity contribution in [3.05, 3.63) is 62.2 Å². The SMILES string of the molecule is Cc1c(Cl)cccc1NC(=O)CCC(=O)NN=Cc1ccc(I)cc1. The summed E-state index contributed by atoms with van der Waals surface area (Å²) in [5.74, 6) is -0.568. The maximum absolute atomic E-state index is 11.9. The van der Waals surface area contributed by atoms with Gasteiger partial charge in [-0.05, 0) is 64.9 Å². The fourth-order valence-corrected chi connectivity index (χ4v) is 2.50. The molecule has 0 aromatic heterocycles. The van der Waals surface area contributed by atoms with Gasteiger partial charge in [-0.25, -0.2) is 5.43 Å². The van der Waals surface area contributed by atoms with E-state index in [0.717, 1.165) is 14.7 Å². The molecule has 0 spiro atoms. The van der Waals surface area contributed by atoms with Crippen LogP contribution in [0.1, 0.15) is 24.0 Å². The Kier molecular flexibility index (Phi) is 7.39. The smallest absolute Gasteiger partial charge is 0.240 e. The summed E-state index contributed by atoms with van der Waals surface area (Å²) in [6, 6.07) is 13.0. The largest absolute Gasteiger partial charge is 0.326 e. The van der Waals surface area contributed by atoms with E-state index in [9.17, 15) is 9.59 Å². The number of nitrogens with zero attached hydrogens (tertiary/aromatic N) is 1. The van der Waals surface area contributed by atoms with Crippen molar-refractivity contribution < 1.29 is 9.59 Å². The minimum Gasteiger partial charge on any atom is -0.326 e. The van der Waals surface area contributed by atoms with E-state index in [1.54, 1.807) is 24.4 Å². The number of hydrazone groups is 1. The Hall–Kier alpha value is -1.93. The summed E-state index contributed by atoms with van der Waals surface area (Å²) >= 11 is 8.22. The highest BCUT2D eigenvalue weighted by atomic mass is 127. The highest BCUT2D eigenvalue weighted by Crippen LogP contribution is 2.23. The van der Waals surface area contributed by atoms with Gasteiger partial charge in [0.2, 0.25) is 11.8 Å². The Labute approximate surface area is 165 Å². The molecule has 0 fully saturated rings. The van der Waals surface area contributed by atoms with Gasteiger partial charge in [0, 0.05) is 27.1 Å². The average Bonchev–Trinajstić information content (AvgIpc) is 2.59. The van der Waals surface area contributed by atoms with Crippen LogP contribution in [0.15, 0.2) is 47.6 Å². The fourth-order valence-electron chi connectivity index (χ4n) is 1.97. The van der Waals surface area contributed by atoms with Crippen LogP contribution < -0.4 is 10.7 Å². The number of halogens is 2. The molecular weight excluding hydrogens is 453 g/mol. The summed E-state index contributed by atoms with van der Waals surface area (Å²) in [4.78, 5) is 23.7. The molecule has 0 saturated carbocycles. The van der Waals surface area contributed by atoms with Crippen LogP contribution in [0.5, 0.6) is 0 Å². The van der Waals surface area contributed by atoms with Crippen LogP contribution in [-0.2, 0) is 9.59 Å². The first-order valence-corrected chi connectivity index (χ1v) is 9.04. The van der Waals surface area contributed by atoms with E-state index in [2.05, 4.69) is 38.4 Å². The third kappa shape index (κ3) is 6.47. The van der Waals surface area contributed by atoms with Gasteiger partial charge in [-0.15, -0.1) is 0 Å². The molecule has 0 atom stereocenters. The van der Waals surface area contributed by atoms with Crippen molar-refractivity contribution in [1.82, 2.24) is 5.43 Å². The van der Waals surface area contributed by atoms with Crippen LogP contribution in [0.3, 0.4) is 0 Å². The summed E-state index contributed by atoms with van der Waals surface area (Å²) in [6.45, 7) is 1.82. The fraction of sp³-hybridized carbons (Fsp3) is 0.167. The Morgan fingerprint density at radius 2 is 1.80 bits per heavy atom. The third-order valence-electron chi connectivity index (χ3n) is 3.39. The van der Waals surface area contributed by atoms with Gasteiger partial charge in [-0.2, -0.15) is 5.10 Å². The lowest BCUT2D eigenvalue weighted by Gasteiger charge is -2.09. The molecule has 7 heteroatoms. The number of amides is 2. The standard InChI is InChI=1S/C18H17ClIN3O2/c1-12-15(19)3-2-4-16(12)22-17(24)9-10-18(25)23-21-11-13-5-7-14(20)8-6-13/h2-8,11H,9-10H2,1H3,(H,22,24)(H,23,25). The molecule has 0 saturated heterocycles. The van der Waals surface area contributed by atoms with Gasteiger partial charge in [0.15, 0.2) is 0 Å². The van der Waals surface area contributed by atoms with Gasteiger partial charge in [0.25, 0.3) is 0 Å². The number of carbonyl (C=O) groups is 2. The number of rotatable bonds is 6. The van der Waals surface area contributed by atoms with Gasteiger partial charge >= 0.3 is 0 Å². The zero-order valence-corrected chi connectivity index (χ0v) is 16.5. The molecule has 130 valence electrons. The maximum atomic E-state index is 11.9. The van der Waals surface area contributed by atoms with Crippen molar-refractivity contribution in [2.75, 3.05) is 5.32 Å². The van der Waals surface area contributed by atoms with Crippen LogP contribution in [0.2, 0.25) is 5.02 Å². The molecule has 0 heterocycles. The Bertz CT molecular complexity index is 791. The zero-order chi connectivity index (χ0) is 18.2. The molecule has 2 aromatic carbocycles. The van der Waals surface area contributed by atoms with Crippen LogP contribution in [-0.4, -0.2) is 18.0 Å². The second kappa shape index (κ2) is 9.53. The summed E-state index contributed by atoms with van der Waals surface area (Å²) < 4.78 is 1.12. The van der Waals surface area contributed by atoms with Gasteiger partial charge < -0.3 is 5.32 Å². The summed E-state index contributed by atoms with van der Waals surface area (Å²) in [5, 5.41) is 7.22. The zero-order valence-electron chi connectivity index (χ0n) is 13.6. The first-order chi connectivity index (χ1) is 12.0. The van der Waals surface area contributed by atoms with Gasteiger partial charge in [-0.3, -0.25) is 9.59 Å².